The second kappa shape index (κ2) is 8.02. The molecule has 0 radical (unpaired) electrons. The average molecular weight is 276 g/mol. The van der Waals surface area contributed by atoms with E-state index in [1.54, 1.807) is 0 Å². The summed E-state index contributed by atoms with van der Waals surface area (Å²) in [5, 5.41) is 15.7. The van der Waals surface area contributed by atoms with E-state index in [0.29, 0.717) is 6.42 Å². The zero-order valence-electron chi connectivity index (χ0n) is 11.8. The Morgan fingerprint density at radius 1 is 1.30 bits per heavy atom. The molecule has 1 saturated heterocycles. The molecule has 1 aliphatic rings. The highest BCUT2D eigenvalue weighted by molar-refractivity contribution is 5.82. The van der Waals surface area contributed by atoms with E-state index in [9.17, 15) is 9.90 Å². The standard InChI is InChI=1S/C16H24N2O2/c19-12-14(11-13-7-3-1-4-8-13)18-16(20)15-9-5-2-6-10-17-15/h1,3-4,7-8,14-15,17,19H,2,5-6,9-12H2,(H,18,20)/t14-,15?/m0/s1. The largest absolute Gasteiger partial charge is 0.394 e. The molecule has 4 nitrogen and oxygen atoms in total. The highest BCUT2D eigenvalue weighted by atomic mass is 16.3. The fraction of sp³-hybridized carbons (Fsp3) is 0.562. The molecule has 0 bridgehead atoms. The molecule has 110 valence electrons. The van der Waals surface area contributed by atoms with Crippen LogP contribution in [0.4, 0.5) is 0 Å². The quantitative estimate of drug-likeness (QED) is 0.758. The molecule has 1 fully saturated rings. The van der Waals surface area contributed by atoms with E-state index in [1.807, 2.05) is 30.3 Å². The van der Waals surface area contributed by atoms with Crippen molar-refractivity contribution in [3.05, 3.63) is 35.9 Å². The summed E-state index contributed by atoms with van der Waals surface area (Å²) >= 11 is 0. The van der Waals surface area contributed by atoms with Gasteiger partial charge in [-0.15, -0.1) is 0 Å². The minimum absolute atomic E-state index is 0.0156. The number of hydrogen-bond acceptors (Lipinski definition) is 3. The van der Waals surface area contributed by atoms with E-state index in [1.165, 1.54) is 6.42 Å². The van der Waals surface area contributed by atoms with Crippen LogP contribution in [0.2, 0.25) is 0 Å². The Hall–Kier alpha value is -1.39. The van der Waals surface area contributed by atoms with Crippen LogP contribution >= 0.6 is 0 Å². The Bertz CT molecular complexity index is 400. The minimum Gasteiger partial charge on any atom is -0.394 e. The molecule has 1 aliphatic heterocycles. The van der Waals surface area contributed by atoms with Crippen molar-refractivity contribution < 1.29 is 9.90 Å². The number of rotatable bonds is 5. The van der Waals surface area contributed by atoms with Crippen LogP contribution in [-0.4, -0.2) is 36.2 Å². The maximum absolute atomic E-state index is 12.2. The van der Waals surface area contributed by atoms with Gasteiger partial charge in [-0.25, -0.2) is 0 Å². The maximum Gasteiger partial charge on any atom is 0.237 e. The molecule has 0 aromatic heterocycles. The van der Waals surface area contributed by atoms with Crippen LogP contribution in [-0.2, 0) is 11.2 Å². The number of hydrogen-bond donors (Lipinski definition) is 3. The van der Waals surface area contributed by atoms with E-state index in [4.69, 9.17) is 0 Å². The minimum atomic E-state index is -0.213. The molecule has 2 rings (SSSR count). The number of benzene rings is 1. The fourth-order valence-electron chi connectivity index (χ4n) is 2.61. The molecule has 0 spiro atoms. The van der Waals surface area contributed by atoms with E-state index >= 15 is 0 Å². The lowest BCUT2D eigenvalue weighted by atomic mass is 10.1. The molecule has 0 saturated carbocycles. The Kier molecular flexibility index (Phi) is 6.02. The van der Waals surface area contributed by atoms with Gasteiger partial charge in [-0.05, 0) is 31.4 Å². The third-order valence-corrected chi connectivity index (χ3v) is 3.77. The van der Waals surface area contributed by atoms with Crippen LogP contribution in [0.3, 0.4) is 0 Å². The van der Waals surface area contributed by atoms with Gasteiger partial charge in [0.05, 0.1) is 18.7 Å². The summed E-state index contributed by atoms with van der Waals surface area (Å²) < 4.78 is 0. The molecule has 3 N–H and O–H groups in total. The third kappa shape index (κ3) is 4.62. The number of aliphatic hydroxyl groups is 1. The highest BCUT2D eigenvalue weighted by Gasteiger charge is 2.21. The van der Waals surface area contributed by atoms with Gasteiger partial charge in [-0.3, -0.25) is 4.79 Å². The van der Waals surface area contributed by atoms with Crippen LogP contribution < -0.4 is 10.6 Å². The van der Waals surface area contributed by atoms with Gasteiger partial charge in [0.25, 0.3) is 0 Å². The summed E-state index contributed by atoms with van der Waals surface area (Å²) in [5.74, 6) is 0.0156. The predicted molar refractivity (Wildman–Crippen MR) is 79.4 cm³/mol. The van der Waals surface area contributed by atoms with Gasteiger partial charge in [-0.1, -0.05) is 43.2 Å². The van der Waals surface area contributed by atoms with Crippen LogP contribution in [0.25, 0.3) is 0 Å². The number of aliphatic hydroxyl groups excluding tert-OH is 1. The summed E-state index contributed by atoms with van der Waals surface area (Å²) in [6.45, 7) is 0.869. The lowest BCUT2D eigenvalue weighted by Gasteiger charge is -2.21. The van der Waals surface area contributed by atoms with Crippen molar-refractivity contribution in [3.8, 4) is 0 Å². The van der Waals surface area contributed by atoms with E-state index in [-0.39, 0.29) is 24.6 Å². The molecule has 2 atom stereocenters. The van der Waals surface area contributed by atoms with E-state index in [2.05, 4.69) is 10.6 Å². The van der Waals surface area contributed by atoms with Gasteiger partial charge in [0, 0.05) is 0 Å². The Balaban J connectivity index is 1.87. The molecule has 4 heteroatoms. The SMILES string of the molecule is O=C(N[C@H](CO)Cc1ccccc1)C1CCCCCN1. The van der Waals surface area contributed by atoms with Crippen LogP contribution in [0, 0.1) is 0 Å². The molecular weight excluding hydrogens is 252 g/mol. The van der Waals surface area contributed by atoms with Gasteiger partial charge >= 0.3 is 0 Å². The summed E-state index contributed by atoms with van der Waals surface area (Å²) in [5.41, 5.74) is 1.13. The van der Waals surface area contributed by atoms with Crippen molar-refractivity contribution in [1.82, 2.24) is 10.6 Å². The van der Waals surface area contributed by atoms with Crippen molar-refractivity contribution in [2.24, 2.45) is 0 Å². The van der Waals surface area contributed by atoms with E-state index < -0.39 is 0 Å². The number of carbonyl (C=O) groups excluding carboxylic acids is 1. The summed E-state index contributed by atoms with van der Waals surface area (Å²) in [7, 11) is 0. The summed E-state index contributed by atoms with van der Waals surface area (Å²) in [6, 6.07) is 9.61. The predicted octanol–water partition coefficient (Wildman–Crippen LogP) is 1.24. The Morgan fingerprint density at radius 3 is 2.85 bits per heavy atom. The summed E-state index contributed by atoms with van der Waals surface area (Å²) in [4.78, 5) is 12.2. The molecule has 20 heavy (non-hydrogen) atoms. The second-order valence-corrected chi connectivity index (χ2v) is 5.43. The zero-order valence-corrected chi connectivity index (χ0v) is 11.8. The topological polar surface area (TPSA) is 61.4 Å². The van der Waals surface area contributed by atoms with Gasteiger partial charge in [0.15, 0.2) is 0 Å². The van der Waals surface area contributed by atoms with Crippen LogP contribution in [0.15, 0.2) is 30.3 Å². The Morgan fingerprint density at radius 2 is 2.10 bits per heavy atom. The van der Waals surface area contributed by atoms with Crippen molar-refractivity contribution >= 4 is 5.91 Å². The zero-order chi connectivity index (χ0) is 14.2. The van der Waals surface area contributed by atoms with Crippen LogP contribution in [0.5, 0.6) is 0 Å². The molecular formula is C16H24N2O2. The number of carbonyl (C=O) groups is 1. The molecule has 1 amide bonds. The lowest BCUT2D eigenvalue weighted by molar-refractivity contribution is -0.124. The van der Waals surface area contributed by atoms with Crippen molar-refractivity contribution in [1.29, 1.82) is 0 Å². The van der Waals surface area contributed by atoms with Gasteiger partial charge in [0.1, 0.15) is 0 Å². The average Bonchev–Trinajstić information content (AvgIpc) is 2.76. The van der Waals surface area contributed by atoms with Gasteiger partial charge in [-0.2, -0.15) is 0 Å². The monoisotopic (exact) mass is 276 g/mol. The van der Waals surface area contributed by atoms with Crippen LogP contribution in [0.1, 0.15) is 31.2 Å². The second-order valence-electron chi connectivity index (χ2n) is 5.43. The molecule has 1 aromatic carbocycles. The molecule has 1 heterocycles. The first-order valence-electron chi connectivity index (χ1n) is 7.48. The molecule has 0 aliphatic carbocycles. The normalized spacial score (nSPS) is 20.9. The van der Waals surface area contributed by atoms with Gasteiger partial charge in [0.2, 0.25) is 5.91 Å². The maximum atomic E-state index is 12.2. The lowest BCUT2D eigenvalue weighted by Crippen LogP contribution is -2.49. The van der Waals surface area contributed by atoms with Crippen molar-refractivity contribution in [2.45, 2.75) is 44.2 Å². The highest BCUT2D eigenvalue weighted by Crippen LogP contribution is 2.09. The van der Waals surface area contributed by atoms with E-state index in [0.717, 1.165) is 31.4 Å². The van der Waals surface area contributed by atoms with Gasteiger partial charge < -0.3 is 15.7 Å². The molecule has 1 unspecified atom stereocenters. The molecule has 1 aromatic rings. The van der Waals surface area contributed by atoms with Crippen molar-refractivity contribution in [3.63, 3.8) is 0 Å². The van der Waals surface area contributed by atoms with Crippen molar-refractivity contribution in [2.75, 3.05) is 13.2 Å². The fourth-order valence-corrected chi connectivity index (χ4v) is 2.61. The first-order chi connectivity index (χ1) is 9.79. The first-order valence-corrected chi connectivity index (χ1v) is 7.48. The summed E-state index contributed by atoms with van der Waals surface area (Å²) in [6.07, 6.45) is 4.96. The number of nitrogens with one attached hydrogen (secondary N) is 2. The third-order valence-electron chi connectivity index (χ3n) is 3.77. The number of amides is 1. The first kappa shape index (κ1) is 15.0. The Labute approximate surface area is 120 Å². The smallest absolute Gasteiger partial charge is 0.237 e.